The Labute approximate surface area is 208 Å². The van der Waals surface area contributed by atoms with Crippen LogP contribution in [0.15, 0.2) is 77.2 Å². The van der Waals surface area contributed by atoms with E-state index in [4.69, 9.17) is 25.5 Å². The Kier molecular flexibility index (Phi) is 8.11. The number of para-hydroxylation sites is 2. The van der Waals surface area contributed by atoms with Gasteiger partial charge >= 0.3 is 5.97 Å². The highest BCUT2D eigenvalue weighted by Crippen LogP contribution is 2.23. The highest BCUT2D eigenvalue weighted by atomic mass is 35.5. The highest BCUT2D eigenvalue weighted by molar-refractivity contribution is 6.30. The van der Waals surface area contributed by atoms with E-state index in [1.165, 1.54) is 0 Å². The third-order valence-electron chi connectivity index (χ3n) is 5.49. The number of rotatable bonds is 12. The number of hydrogen-bond donors (Lipinski definition) is 1. The fourth-order valence-corrected chi connectivity index (χ4v) is 3.74. The molecular formula is C27H27ClN2O5. The Bertz CT molecular complexity index is 1220. The molecule has 0 fully saturated rings. The number of fused-ring (bicyclic) bond motifs is 1. The maximum atomic E-state index is 11.3. The van der Waals surface area contributed by atoms with Gasteiger partial charge in [0.1, 0.15) is 23.6 Å². The van der Waals surface area contributed by atoms with Gasteiger partial charge in [0.15, 0.2) is 11.7 Å². The van der Waals surface area contributed by atoms with Crippen LogP contribution in [0.25, 0.3) is 11.1 Å². The minimum absolute atomic E-state index is 0.388. The van der Waals surface area contributed by atoms with Gasteiger partial charge in [-0.15, -0.1) is 0 Å². The van der Waals surface area contributed by atoms with E-state index in [0.29, 0.717) is 49.3 Å². The predicted molar refractivity (Wildman–Crippen MR) is 136 cm³/mol. The van der Waals surface area contributed by atoms with Crippen LogP contribution >= 0.6 is 11.6 Å². The first-order chi connectivity index (χ1) is 17.0. The first-order valence-electron chi connectivity index (χ1n) is 11.5. The van der Waals surface area contributed by atoms with Crippen LogP contribution < -0.4 is 14.4 Å². The number of halogens is 1. The lowest BCUT2D eigenvalue weighted by molar-refractivity contribution is -0.145. The molecule has 0 saturated carbocycles. The number of anilines is 1. The van der Waals surface area contributed by atoms with Crippen molar-refractivity contribution in [2.75, 3.05) is 24.6 Å². The van der Waals surface area contributed by atoms with Gasteiger partial charge in [0.25, 0.3) is 6.01 Å². The van der Waals surface area contributed by atoms with E-state index in [1.54, 1.807) is 25.1 Å². The van der Waals surface area contributed by atoms with Gasteiger partial charge < -0.3 is 23.9 Å². The van der Waals surface area contributed by atoms with Crippen LogP contribution in [0.5, 0.6) is 11.5 Å². The molecule has 0 saturated heterocycles. The van der Waals surface area contributed by atoms with Gasteiger partial charge in [-0.25, -0.2) is 4.79 Å². The van der Waals surface area contributed by atoms with E-state index in [9.17, 15) is 9.90 Å². The highest BCUT2D eigenvalue weighted by Gasteiger charge is 2.18. The van der Waals surface area contributed by atoms with Crippen LogP contribution in [-0.4, -0.2) is 41.9 Å². The average Bonchev–Trinajstić information content (AvgIpc) is 3.30. The second-order valence-corrected chi connectivity index (χ2v) is 8.44. The van der Waals surface area contributed by atoms with Crippen molar-refractivity contribution < 1.29 is 23.8 Å². The number of benzene rings is 3. The fourth-order valence-electron chi connectivity index (χ4n) is 3.61. The van der Waals surface area contributed by atoms with Crippen molar-refractivity contribution in [1.29, 1.82) is 0 Å². The second-order valence-electron chi connectivity index (χ2n) is 8.00. The molecule has 0 aliphatic heterocycles. The van der Waals surface area contributed by atoms with E-state index in [2.05, 4.69) is 4.98 Å². The van der Waals surface area contributed by atoms with E-state index < -0.39 is 12.1 Å². The maximum absolute atomic E-state index is 11.3. The minimum Gasteiger partial charge on any atom is -0.492 e. The van der Waals surface area contributed by atoms with Crippen LogP contribution in [0.4, 0.5) is 6.01 Å². The first-order valence-corrected chi connectivity index (χ1v) is 11.9. The molecule has 7 nitrogen and oxygen atoms in total. The summed E-state index contributed by atoms with van der Waals surface area (Å²) in [5.74, 6) is 0.303. The quantitative estimate of drug-likeness (QED) is 0.264. The molecule has 1 unspecified atom stereocenters. The van der Waals surface area contributed by atoms with Crippen molar-refractivity contribution in [3.05, 3.63) is 83.4 Å². The first kappa shape index (κ1) is 24.4. The molecule has 0 spiro atoms. The van der Waals surface area contributed by atoms with Crippen molar-refractivity contribution in [3.8, 4) is 11.5 Å². The minimum atomic E-state index is -0.972. The smallest absolute Gasteiger partial charge is 0.344 e. The van der Waals surface area contributed by atoms with Crippen LogP contribution in [-0.2, 0) is 11.2 Å². The van der Waals surface area contributed by atoms with E-state index >= 15 is 0 Å². The number of aliphatic carboxylic acids is 1. The van der Waals surface area contributed by atoms with Crippen LogP contribution in [0.1, 0.15) is 18.9 Å². The second kappa shape index (κ2) is 11.6. The van der Waals surface area contributed by atoms with E-state index in [-0.39, 0.29) is 0 Å². The molecule has 182 valence electrons. The van der Waals surface area contributed by atoms with Crippen LogP contribution in [0, 0.1) is 0 Å². The summed E-state index contributed by atoms with van der Waals surface area (Å²) < 4.78 is 17.5. The summed E-state index contributed by atoms with van der Waals surface area (Å²) in [6.07, 6.45) is 0.200. The molecule has 8 heteroatoms. The van der Waals surface area contributed by atoms with E-state index in [1.807, 2.05) is 59.5 Å². The van der Waals surface area contributed by atoms with Crippen LogP contribution in [0.3, 0.4) is 0 Å². The third kappa shape index (κ3) is 6.67. The zero-order valence-corrected chi connectivity index (χ0v) is 20.1. The van der Waals surface area contributed by atoms with Gasteiger partial charge in [-0.2, -0.15) is 4.98 Å². The molecule has 0 bridgehead atoms. The van der Waals surface area contributed by atoms with E-state index in [0.717, 1.165) is 22.4 Å². The average molecular weight is 495 g/mol. The normalized spacial score (nSPS) is 11.8. The number of carboxylic acid groups (broad SMARTS) is 1. The largest absolute Gasteiger partial charge is 0.492 e. The molecule has 0 aliphatic rings. The molecule has 1 aromatic heterocycles. The lowest BCUT2D eigenvalue weighted by Gasteiger charge is -2.21. The van der Waals surface area contributed by atoms with Gasteiger partial charge in [0.05, 0.1) is 6.54 Å². The van der Waals surface area contributed by atoms with Crippen molar-refractivity contribution >= 4 is 34.7 Å². The summed E-state index contributed by atoms with van der Waals surface area (Å²) in [6.45, 7) is 3.40. The maximum Gasteiger partial charge on any atom is 0.344 e. The number of nitrogens with zero attached hydrogens (tertiary/aromatic N) is 2. The summed E-state index contributed by atoms with van der Waals surface area (Å²) in [7, 11) is 0. The molecule has 0 radical (unpaired) electrons. The molecule has 1 N–H and O–H groups in total. The monoisotopic (exact) mass is 494 g/mol. The SMILES string of the molecule is CCC(Oc1cccc(CCN(CCOc2ccc(Cl)cc2)c2nc3ccccc3o2)c1)C(=O)O. The van der Waals surface area contributed by atoms with Gasteiger partial charge in [0.2, 0.25) is 0 Å². The van der Waals surface area contributed by atoms with Gasteiger partial charge in [-0.05, 0) is 66.9 Å². The number of hydrogen-bond acceptors (Lipinski definition) is 6. The summed E-state index contributed by atoms with van der Waals surface area (Å²) in [5.41, 5.74) is 2.53. The number of aromatic nitrogens is 1. The Hall–Kier alpha value is -3.71. The fraction of sp³-hybridized carbons (Fsp3) is 0.259. The molecule has 35 heavy (non-hydrogen) atoms. The Morgan fingerprint density at radius 2 is 1.86 bits per heavy atom. The zero-order chi connectivity index (χ0) is 24.6. The van der Waals surface area contributed by atoms with Crippen molar-refractivity contribution in [2.45, 2.75) is 25.9 Å². The Morgan fingerprint density at radius 1 is 1.06 bits per heavy atom. The summed E-state index contributed by atoms with van der Waals surface area (Å²) in [5, 5.41) is 9.93. The molecule has 4 aromatic rings. The van der Waals surface area contributed by atoms with Gasteiger partial charge in [-0.3, -0.25) is 0 Å². The third-order valence-corrected chi connectivity index (χ3v) is 5.74. The summed E-state index contributed by atoms with van der Waals surface area (Å²) in [6, 6.07) is 22.9. The number of carboxylic acids is 1. The molecular weight excluding hydrogens is 468 g/mol. The molecule has 0 aliphatic carbocycles. The van der Waals surface area contributed by atoms with Crippen LogP contribution in [0.2, 0.25) is 5.02 Å². The number of carbonyl (C=O) groups is 1. The van der Waals surface area contributed by atoms with Crippen molar-refractivity contribution in [3.63, 3.8) is 0 Å². The Morgan fingerprint density at radius 3 is 2.60 bits per heavy atom. The standard InChI is InChI=1S/C27H27ClN2O5/c1-2-24(26(31)32)34-22-7-5-6-19(18-22)14-15-30(16-17-33-21-12-10-20(28)11-13-21)27-29-23-8-3-4-9-25(23)35-27/h3-13,18,24H,2,14-17H2,1H3,(H,31,32). The lowest BCUT2D eigenvalue weighted by atomic mass is 10.1. The van der Waals surface area contributed by atoms with Crippen molar-refractivity contribution in [2.24, 2.45) is 0 Å². The summed E-state index contributed by atoms with van der Waals surface area (Å²) in [4.78, 5) is 18.0. The molecule has 4 rings (SSSR count). The molecule has 1 heterocycles. The number of oxazole rings is 1. The zero-order valence-electron chi connectivity index (χ0n) is 19.4. The molecule has 3 aromatic carbocycles. The topological polar surface area (TPSA) is 85.0 Å². The van der Waals surface area contributed by atoms with Gasteiger partial charge in [-0.1, -0.05) is 42.8 Å². The summed E-state index contributed by atoms with van der Waals surface area (Å²) >= 11 is 5.95. The number of ether oxygens (including phenoxy) is 2. The van der Waals surface area contributed by atoms with Gasteiger partial charge in [0, 0.05) is 11.6 Å². The molecule has 0 amide bonds. The Balaban J connectivity index is 1.45. The predicted octanol–water partition coefficient (Wildman–Crippen LogP) is 5.85. The lowest BCUT2D eigenvalue weighted by Crippen LogP contribution is -2.30. The van der Waals surface area contributed by atoms with Crippen molar-refractivity contribution in [1.82, 2.24) is 4.98 Å². The molecule has 1 atom stereocenters.